The van der Waals surface area contributed by atoms with Crippen molar-refractivity contribution in [2.24, 2.45) is 0 Å². The molecule has 0 aliphatic carbocycles. The van der Waals surface area contributed by atoms with E-state index in [9.17, 15) is 18.0 Å². The number of sulfone groups is 1. The molecule has 21 heavy (non-hydrogen) atoms. The highest BCUT2D eigenvalue weighted by atomic mass is 32.2. The molecular formula is C14H19NO5S. The lowest BCUT2D eigenvalue weighted by Gasteiger charge is -2.18. The van der Waals surface area contributed by atoms with Crippen LogP contribution in [0.1, 0.15) is 36.7 Å². The molecule has 0 atom stereocenters. The third-order valence-corrected chi connectivity index (χ3v) is 5.51. The fourth-order valence-corrected chi connectivity index (χ4v) is 2.37. The van der Waals surface area contributed by atoms with E-state index in [0.29, 0.717) is 5.56 Å². The third-order valence-electron chi connectivity index (χ3n) is 3.01. The topological polar surface area (TPSA) is 101 Å². The van der Waals surface area contributed by atoms with Gasteiger partial charge in [-0.1, -0.05) is 6.07 Å². The van der Waals surface area contributed by atoms with Crippen LogP contribution >= 0.6 is 0 Å². The molecule has 2 N–H and O–H groups in total. The molecule has 1 rings (SSSR count). The van der Waals surface area contributed by atoms with Crippen molar-refractivity contribution >= 4 is 27.4 Å². The van der Waals surface area contributed by atoms with Gasteiger partial charge in [-0.05, 0) is 45.4 Å². The normalized spacial score (nSPS) is 12.0. The summed E-state index contributed by atoms with van der Waals surface area (Å²) < 4.78 is 22.8. The molecule has 0 aliphatic heterocycles. The van der Waals surface area contributed by atoms with Gasteiger partial charge in [0.2, 0.25) is 5.91 Å². The number of carbonyl (C=O) groups is 2. The maximum atomic E-state index is 11.9. The van der Waals surface area contributed by atoms with E-state index >= 15 is 0 Å². The summed E-state index contributed by atoms with van der Waals surface area (Å²) in [4.78, 5) is 22.8. The Morgan fingerprint density at radius 3 is 2.29 bits per heavy atom. The number of carboxylic acid groups (broad SMARTS) is 1. The maximum absolute atomic E-state index is 11.9. The van der Waals surface area contributed by atoms with Crippen molar-refractivity contribution in [2.75, 3.05) is 11.1 Å². The molecule has 1 aromatic carbocycles. The van der Waals surface area contributed by atoms with Gasteiger partial charge in [0.05, 0.1) is 10.3 Å². The van der Waals surface area contributed by atoms with Gasteiger partial charge < -0.3 is 10.4 Å². The number of rotatable bonds is 4. The number of anilines is 1. The van der Waals surface area contributed by atoms with Crippen LogP contribution in [0.3, 0.4) is 0 Å². The number of amides is 1. The second-order valence-corrected chi connectivity index (χ2v) is 8.50. The van der Waals surface area contributed by atoms with Crippen molar-refractivity contribution in [3.05, 3.63) is 29.3 Å². The average molecular weight is 313 g/mol. The van der Waals surface area contributed by atoms with E-state index in [1.165, 1.54) is 32.9 Å². The summed E-state index contributed by atoms with van der Waals surface area (Å²) in [6.07, 6.45) is 0. The highest BCUT2D eigenvalue weighted by molar-refractivity contribution is 7.93. The van der Waals surface area contributed by atoms with Crippen LogP contribution in [0.4, 0.5) is 5.69 Å². The first-order valence-electron chi connectivity index (χ1n) is 6.30. The Morgan fingerprint density at radius 1 is 1.24 bits per heavy atom. The number of carboxylic acids is 1. The van der Waals surface area contributed by atoms with Gasteiger partial charge in [-0.2, -0.15) is 0 Å². The lowest BCUT2D eigenvalue weighted by atomic mass is 10.1. The molecule has 6 nitrogen and oxygen atoms in total. The zero-order chi connectivity index (χ0) is 16.4. The summed E-state index contributed by atoms with van der Waals surface area (Å²) in [5.74, 6) is -2.44. The minimum Gasteiger partial charge on any atom is -0.478 e. The van der Waals surface area contributed by atoms with Crippen LogP contribution in [0, 0.1) is 6.92 Å². The summed E-state index contributed by atoms with van der Waals surface area (Å²) in [6.45, 7) is 6.19. The van der Waals surface area contributed by atoms with E-state index in [0.717, 1.165) is 0 Å². The Bertz CT molecular complexity index is 671. The van der Waals surface area contributed by atoms with E-state index in [1.54, 1.807) is 13.0 Å². The number of nitrogens with one attached hydrogen (secondary N) is 1. The molecule has 0 heterocycles. The number of benzene rings is 1. The summed E-state index contributed by atoms with van der Waals surface area (Å²) in [5, 5.41) is 11.4. The Labute approximate surface area is 124 Å². The highest BCUT2D eigenvalue weighted by Crippen LogP contribution is 2.18. The van der Waals surface area contributed by atoms with Crippen molar-refractivity contribution in [3.8, 4) is 0 Å². The molecule has 0 bridgehead atoms. The fraction of sp³-hybridized carbons (Fsp3) is 0.429. The van der Waals surface area contributed by atoms with Crippen LogP contribution < -0.4 is 5.32 Å². The van der Waals surface area contributed by atoms with Crippen molar-refractivity contribution in [1.82, 2.24) is 0 Å². The van der Waals surface area contributed by atoms with Crippen LogP contribution in [0.25, 0.3) is 0 Å². The minimum atomic E-state index is -3.58. The number of hydrogen-bond acceptors (Lipinski definition) is 4. The number of carbonyl (C=O) groups excluding carboxylic acids is 1. The molecule has 0 aliphatic rings. The summed E-state index contributed by atoms with van der Waals surface area (Å²) in [6, 6.07) is 4.39. The van der Waals surface area contributed by atoms with E-state index in [2.05, 4.69) is 5.32 Å². The minimum absolute atomic E-state index is 0.0616. The van der Waals surface area contributed by atoms with Gasteiger partial charge >= 0.3 is 5.97 Å². The molecule has 0 saturated carbocycles. The predicted octanol–water partition coefficient (Wildman–Crippen LogP) is 1.85. The van der Waals surface area contributed by atoms with Gasteiger partial charge in [-0.15, -0.1) is 0 Å². The first kappa shape index (κ1) is 17.2. The maximum Gasteiger partial charge on any atom is 0.336 e. The van der Waals surface area contributed by atoms with Gasteiger partial charge in [0, 0.05) is 5.69 Å². The van der Waals surface area contributed by atoms with Crippen LogP contribution in [0.5, 0.6) is 0 Å². The van der Waals surface area contributed by atoms with Crippen molar-refractivity contribution in [3.63, 3.8) is 0 Å². The van der Waals surface area contributed by atoms with Crippen molar-refractivity contribution < 1.29 is 23.1 Å². The quantitative estimate of drug-likeness (QED) is 0.883. The smallest absolute Gasteiger partial charge is 0.336 e. The Morgan fingerprint density at radius 2 is 1.81 bits per heavy atom. The molecular weight excluding hydrogens is 294 g/mol. The van der Waals surface area contributed by atoms with Gasteiger partial charge in [0.15, 0.2) is 9.84 Å². The SMILES string of the molecule is Cc1ccc(NC(=O)CS(=O)(=O)C(C)(C)C)cc1C(=O)O. The predicted molar refractivity (Wildman–Crippen MR) is 80.3 cm³/mol. The highest BCUT2D eigenvalue weighted by Gasteiger charge is 2.31. The van der Waals surface area contributed by atoms with E-state index in [-0.39, 0.29) is 11.3 Å². The Balaban J connectivity index is 2.91. The summed E-state index contributed by atoms with van der Waals surface area (Å²) in [7, 11) is -3.58. The van der Waals surface area contributed by atoms with Crippen LogP contribution in [0.15, 0.2) is 18.2 Å². The Kier molecular flexibility index (Phi) is 4.78. The van der Waals surface area contributed by atoms with Crippen molar-refractivity contribution in [1.29, 1.82) is 0 Å². The van der Waals surface area contributed by atoms with E-state index in [4.69, 9.17) is 5.11 Å². The van der Waals surface area contributed by atoms with Gasteiger partial charge in [0.1, 0.15) is 5.75 Å². The van der Waals surface area contributed by atoms with E-state index in [1.807, 2.05) is 0 Å². The first-order chi connectivity index (χ1) is 9.44. The van der Waals surface area contributed by atoms with Gasteiger partial charge in [-0.25, -0.2) is 13.2 Å². The molecule has 0 unspecified atom stereocenters. The lowest BCUT2D eigenvalue weighted by Crippen LogP contribution is -2.35. The van der Waals surface area contributed by atoms with Crippen LogP contribution in [0.2, 0.25) is 0 Å². The molecule has 1 aromatic rings. The average Bonchev–Trinajstić information content (AvgIpc) is 2.29. The van der Waals surface area contributed by atoms with Crippen LogP contribution in [-0.2, 0) is 14.6 Å². The third kappa shape index (κ3) is 4.29. The molecule has 0 spiro atoms. The number of aryl methyl sites for hydroxylation is 1. The summed E-state index contributed by atoms with van der Waals surface area (Å²) >= 11 is 0. The molecule has 0 radical (unpaired) electrons. The standard InChI is InChI=1S/C14H19NO5S/c1-9-5-6-10(7-11(9)13(17)18)15-12(16)8-21(19,20)14(2,3)4/h5-7H,8H2,1-4H3,(H,15,16)(H,17,18). The monoisotopic (exact) mass is 313 g/mol. The number of hydrogen-bond donors (Lipinski definition) is 2. The molecule has 116 valence electrons. The first-order valence-corrected chi connectivity index (χ1v) is 7.95. The van der Waals surface area contributed by atoms with Gasteiger partial charge in [-0.3, -0.25) is 4.79 Å². The molecule has 1 amide bonds. The number of aromatic carboxylic acids is 1. The molecule has 0 saturated heterocycles. The van der Waals surface area contributed by atoms with Crippen LogP contribution in [-0.4, -0.2) is 35.9 Å². The molecule has 7 heteroatoms. The van der Waals surface area contributed by atoms with Gasteiger partial charge in [0.25, 0.3) is 0 Å². The zero-order valence-electron chi connectivity index (χ0n) is 12.4. The Hall–Kier alpha value is -1.89. The lowest BCUT2D eigenvalue weighted by molar-refractivity contribution is -0.113. The zero-order valence-corrected chi connectivity index (χ0v) is 13.2. The largest absolute Gasteiger partial charge is 0.478 e. The summed E-state index contributed by atoms with van der Waals surface area (Å²) in [5.41, 5.74) is 0.876. The van der Waals surface area contributed by atoms with E-state index < -0.39 is 32.2 Å². The van der Waals surface area contributed by atoms with Crippen molar-refractivity contribution in [2.45, 2.75) is 32.4 Å². The molecule has 0 aromatic heterocycles. The second kappa shape index (κ2) is 5.85. The molecule has 0 fully saturated rings. The fourth-order valence-electron chi connectivity index (χ4n) is 1.52. The second-order valence-electron chi connectivity index (χ2n) is 5.75.